The predicted octanol–water partition coefficient (Wildman–Crippen LogP) is 1.94. The molecule has 36 heavy (non-hydrogen) atoms. The van der Waals surface area contributed by atoms with Crippen molar-refractivity contribution in [3.05, 3.63) is 56.6 Å². The maximum atomic E-state index is 14.9. The van der Waals surface area contributed by atoms with Gasteiger partial charge in [-0.25, -0.2) is 19.2 Å². The second-order valence-corrected chi connectivity index (χ2v) is 9.38. The highest BCUT2D eigenvalue weighted by Crippen LogP contribution is 2.32. The van der Waals surface area contributed by atoms with E-state index in [1.54, 1.807) is 17.5 Å². The van der Waals surface area contributed by atoms with Crippen LogP contribution in [0, 0.1) is 18.2 Å². The average molecular weight is 508 g/mol. The summed E-state index contributed by atoms with van der Waals surface area (Å²) in [5.74, 6) is 1.91. The molecule has 0 radical (unpaired) electrons. The smallest absolute Gasteiger partial charge is 0.332 e. The van der Waals surface area contributed by atoms with Gasteiger partial charge in [0.2, 0.25) is 5.91 Å². The van der Waals surface area contributed by atoms with Crippen molar-refractivity contribution >= 4 is 39.2 Å². The van der Waals surface area contributed by atoms with Gasteiger partial charge in [0.25, 0.3) is 5.56 Å². The van der Waals surface area contributed by atoms with E-state index in [1.807, 2.05) is 4.90 Å². The van der Waals surface area contributed by atoms with Crippen molar-refractivity contribution in [3.8, 4) is 23.6 Å². The summed E-state index contributed by atoms with van der Waals surface area (Å²) in [4.78, 5) is 47.7. The average Bonchev–Trinajstić information content (AvgIpc) is 3.61. The Kier molecular flexibility index (Phi) is 5.93. The van der Waals surface area contributed by atoms with Gasteiger partial charge >= 0.3 is 5.69 Å². The molecule has 1 amide bonds. The minimum absolute atomic E-state index is 0.107. The molecule has 5 rings (SSSR count). The van der Waals surface area contributed by atoms with E-state index in [1.165, 1.54) is 47.0 Å². The largest absolute Gasteiger partial charge is 0.355 e. The van der Waals surface area contributed by atoms with Crippen molar-refractivity contribution in [3.63, 3.8) is 0 Å². The first-order chi connectivity index (χ1) is 17.3. The van der Waals surface area contributed by atoms with Crippen LogP contribution in [0.1, 0.15) is 12.8 Å². The van der Waals surface area contributed by atoms with Gasteiger partial charge in [-0.15, -0.1) is 17.8 Å². The normalized spacial score (nSPS) is 15.4. The lowest BCUT2D eigenvalue weighted by molar-refractivity contribution is -0.116. The number of fused-ring (bicyclic) bond motifs is 1. The van der Waals surface area contributed by atoms with Gasteiger partial charge in [-0.3, -0.25) is 18.7 Å². The fourth-order valence-electron chi connectivity index (χ4n) is 4.42. The highest BCUT2D eigenvalue weighted by Gasteiger charge is 2.25. The van der Waals surface area contributed by atoms with Crippen molar-refractivity contribution in [2.24, 2.45) is 14.1 Å². The highest BCUT2D eigenvalue weighted by atomic mass is 32.1. The van der Waals surface area contributed by atoms with Gasteiger partial charge in [0.1, 0.15) is 12.4 Å². The van der Waals surface area contributed by atoms with Gasteiger partial charge < -0.3 is 14.8 Å². The monoisotopic (exact) mass is 507 g/mol. The lowest BCUT2D eigenvalue weighted by atomic mass is 10.1. The number of hydrogen-bond acceptors (Lipinski definition) is 7. The summed E-state index contributed by atoms with van der Waals surface area (Å²) < 4.78 is 18.5. The Bertz CT molecular complexity index is 1660. The van der Waals surface area contributed by atoms with Gasteiger partial charge in [0.05, 0.1) is 23.8 Å². The van der Waals surface area contributed by atoms with E-state index in [0.29, 0.717) is 28.6 Å². The van der Waals surface area contributed by atoms with Crippen LogP contribution >= 0.6 is 11.3 Å². The van der Waals surface area contributed by atoms with Crippen LogP contribution in [-0.4, -0.2) is 42.2 Å². The van der Waals surface area contributed by atoms with Crippen LogP contribution in [-0.2, 0) is 25.4 Å². The quantitative estimate of drug-likeness (QED) is 0.414. The molecule has 1 aliphatic rings. The SMILES string of the molecule is C#C[C@H]1CCCN1c1ccc(-c2csc(NC(=O)Cn3cnc4c3c(=O)n(C)c(=O)n4C)n2)cc1F. The molecular formula is C24H22FN7O3S. The third-order valence-corrected chi connectivity index (χ3v) is 7.04. The molecule has 0 spiro atoms. The Hall–Kier alpha value is -4.24. The maximum absolute atomic E-state index is 14.9. The van der Waals surface area contributed by atoms with E-state index in [9.17, 15) is 18.8 Å². The van der Waals surface area contributed by atoms with E-state index < -0.39 is 17.2 Å². The number of anilines is 2. The number of rotatable bonds is 5. The van der Waals surface area contributed by atoms with Crippen molar-refractivity contribution in [1.29, 1.82) is 0 Å². The lowest BCUT2D eigenvalue weighted by Gasteiger charge is -2.23. The summed E-state index contributed by atoms with van der Waals surface area (Å²) in [5.41, 5.74) is 0.873. The molecule has 0 aliphatic carbocycles. The van der Waals surface area contributed by atoms with Crippen molar-refractivity contribution in [2.75, 3.05) is 16.8 Å². The topological polar surface area (TPSA) is 107 Å². The standard InChI is InChI=1S/C24H22FN7O3S/c1-4-15-6-5-9-32(15)18-8-7-14(10-16(18)25)17-12-36-23(27-17)28-19(33)11-31-13-26-21-20(31)22(34)30(3)24(35)29(21)2/h1,7-8,10,12-13,15H,5-6,9,11H2,2-3H3,(H,27,28,33)/t15-/m0/s1. The molecule has 4 heterocycles. The first-order valence-electron chi connectivity index (χ1n) is 11.2. The Labute approximate surface area is 208 Å². The molecule has 3 aromatic heterocycles. The third-order valence-electron chi connectivity index (χ3n) is 6.28. The van der Waals surface area contributed by atoms with Gasteiger partial charge in [0.15, 0.2) is 16.3 Å². The second-order valence-electron chi connectivity index (χ2n) is 8.52. The fraction of sp³-hybridized carbons (Fsp3) is 0.292. The first kappa shape index (κ1) is 23.5. The molecule has 184 valence electrons. The van der Waals surface area contributed by atoms with E-state index in [4.69, 9.17) is 6.42 Å². The molecule has 1 fully saturated rings. The Balaban J connectivity index is 1.32. The van der Waals surface area contributed by atoms with Gasteiger partial charge in [-0.05, 0) is 25.0 Å². The fourth-order valence-corrected chi connectivity index (χ4v) is 5.16. The predicted molar refractivity (Wildman–Crippen MR) is 136 cm³/mol. The van der Waals surface area contributed by atoms with Crippen LogP contribution in [0.3, 0.4) is 0 Å². The molecule has 12 heteroatoms. The van der Waals surface area contributed by atoms with E-state index in [-0.39, 0.29) is 29.6 Å². The molecule has 1 N–H and O–H groups in total. The highest BCUT2D eigenvalue weighted by molar-refractivity contribution is 7.14. The second kappa shape index (κ2) is 9.09. The summed E-state index contributed by atoms with van der Waals surface area (Å²) in [6, 6.07) is 4.79. The number of aromatic nitrogens is 5. The number of hydrogen-bond donors (Lipinski definition) is 1. The molecule has 0 saturated carbocycles. The van der Waals surface area contributed by atoms with E-state index in [0.717, 1.165) is 17.4 Å². The number of nitrogens with zero attached hydrogens (tertiary/aromatic N) is 6. The number of benzene rings is 1. The number of aryl methyl sites for hydroxylation is 1. The number of carbonyl (C=O) groups is 1. The number of carbonyl (C=O) groups excluding carboxylic acids is 1. The zero-order valence-corrected chi connectivity index (χ0v) is 20.4. The Morgan fingerprint density at radius 1 is 1.31 bits per heavy atom. The molecule has 10 nitrogen and oxygen atoms in total. The van der Waals surface area contributed by atoms with Crippen molar-refractivity contribution in [2.45, 2.75) is 25.4 Å². The molecular weight excluding hydrogens is 485 g/mol. The van der Waals surface area contributed by atoms with Gasteiger partial charge in [-0.1, -0.05) is 12.0 Å². The Morgan fingerprint density at radius 3 is 2.86 bits per heavy atom. The number of amides is 1. The molecule has 1 aromatic carbocycles. The summed E-state index contributed by atoms with van der Waals surface area (Å²) >= 11 is 1.20. The molecule has 0 unspecified atom stereocenters. The minimum Gasteiger partial charge on any atom is -0.355 e. The van der Waals surface area contributed by atoms with Crippen LogP contribution < -0.4 is 21.5 Å². The number of terminal acetylenes is 1. The van der Waals surface area contributed by atoms with Crippen molar-refractivity contribution < 1.29 is 9.18 Å². The van der Waals surface area contributed by atoms with Gasteiger partial charge in [-0.2, -0.15) is 0 Å². The number of imidazole rings is 1. The number of thiazole rings is 1. The van der Waals surface area contributed by atoms with E-state index in [2.05, 4.69) is 21.2 Å². The summed E-state index contributed by atoms with van der Waals surface area (Å²) in [6.07, 6.45) is 8.69. The molecule has 4 aromatic rings. The van der Waals surface area contributed by atoms with E-state index >= 15 is 0 Å². The lowest BCUT2D eigenvalue weighted by Crippen LogP contribution is -2.37. The van der Waals surface area contributed by atoms with Crippen LogP contribution in [0.15, 0.2) is 39.5 Å². The Morgan fingerprint density at radius 2 is 2.11 bits per heavy atom. The van der Waals surface area contributed by atoms with Crippen LogP contribution in [0.5, 0.6) is 0 Å². The van der Waals surface area contributed by atoms with Crippen LogP contribution in [0.2, 0.25) is 0 Å². The van der Waals surface area contributed by atoms with Crippen LogP contribution in [0.25, 0.3) is 22.4 Å². The molecule has 1 aliphatic heterocycles. The number of halogens is 1. The zero-order chi connectivity index (χ0) is 25.6. The first-order valence-corrected chi connectivity index (χ1v) is 12.1. The maximum Gasteiger partial charge on any atom is 0.332 e. The summed E-state index contributed by atoms with van der Waals surface area (Å²) in [5, 5.41) is 4.75. The molecule has 1 saturated heterocycles. The van der Waals surface area contributed by atoms with Gasteiger partial charge in [0, 0.05) is 31.6 Å². The summed E-state index contributed by atoms with van der Waals surface area (Å²) in [6.45, 7) is 0.515. The zero-order valence-electron chi connectivity index (χ0n) is 19.6. The molecule has 0 bridgehead atoms. The summed E-state index contributed by atoms with van der Waals surface area (Å²) in [7, 11) is 2.87. The minimum atomic E-state index is -0.539. The van der Waals surface area contributed by atoms with Crippen LogP contribution in [0.4, 0.5) is 15.2 Å². The third kappa shape index (κ3) is 3.97. The molecule has 1 atom stereocenters. The number of nitrogens with one attached hydrogen (secondary N) is 1. The van der Waals surface area contributed by atoms with Crippen molar-refractivity contribution in [1.82, 2.24) is 23.7 Å².